The Bertz CT molecular complexity index is 201. The first kappa shape index (κ1) is 14.1. The van der Waals surface area contributed by atoms with Gasteiger partial charge in [-0.3, -0.25) is 0 Å². The molecule has 0 bridgehead atoms. The van der Waals surface area contributed by atoms with Crippen LogP contribution in [-0.2, 0) is 19.0 Å². The highest BCUT2D eigenvalue weighted by Gasteiger charge is 2.03. The van der Waals surface area contributed by atoms with Crippen LogP contribution in [0.2, 0.25) is 0 Å². The molecule has 0 spiro atoms. The predicted molar refractivity (Wildman–Crippen MR) is 57.7 cm³/mol. The summed E-state index contributed by atoms with van der Waals surface area (Å²) in [6.07, 6.45) is 0.763. The number of rotatable bonds is 8. The van der Waals surface area contributed by atoms with Crippen molar-refractivity contribution in [2.45, 2.75) is 26.4 Å². The summed E-state index contributed by atoms with van der Waals surface area (Å²) in [5.41, 5.74) is 0.420. The van der Waals surface area contributed by atoms with Gasteiger partial charge in [-0.25, -0.2) is 4.79 Å². The van der Waals surface area contributed by atoms with Gasteiger partial charge in [0.05, 0.1) is 25.9 Å². The van der Waals surface area contributed by atoms with E-state index in [0.29, 0.717) is 31.8 Å². The fourth-order valence-corrected chi connectivity index (χ4v) is 0.914. The molecule has 0 N–H and O–H groups in total. The molecule has 1 atom stereocenters. The van der Waals surface area contributed by atoms with Gasteiger partial charge in [-0.15, -0.1) is 0 Å². The largest absolute Gasteiger partial charge is 0.462 e. The van der Waals surface area contributed by atoms with E-state index in [0.717, 1.165) is 0 Å². The Balaban J connectivity index is 3.32. The summed E-state index contributed by atoms with van der Waals surface area (Å²) in [7, 11) is 1.63. The molecule has 0 heterocycles. The summed E-state index contributed by atoms with van der Waals surface area (Å²) in [5, 5.41) is 0. The van der Waals surface area contributed by atoms with Gasteiger partial charge in [0, 0.05) is 19.1 Å². The topological polar surface area (TPSA) is 44.8 Å². The zero-order valence-corrected chi connectivity index (χ0v) is 9.75. The maximum Gasteiger partial charge on any atom is 0.333 e. The lowest BCUT2D eigenvalue weighted by Gasteiger charge is -2.11. The molecule has 0 saturated carbocycles. The van der Waals surface area contributed by atoms with Gasteiger partial charge < -0.3 is 14.2 Å². The van der Waals surface area contributed by atoms with Crippen LogP contribution in [-0.4, -0.2) is 39.0 Å². The predicted octanol–water partition coefficient (Wildman–Crippen LogP) is 1.55. The van der Waals surface area contributed by atoms with Crippen molar-refractivity contribution in [2.24, 2.45) is 0 Å². The molecular weight excluding hydrogens is 196 g/mol. The summed E-state index contributed by atoms with van der Waals surface area (Å²) in [5.74, 6) is -0.347. The zero-order chi connectivity index (χ0) is 11.7. The van der Waals surface area contributed by atoms with Crippen molar-refractivity contribution in [3.63, 3.8) is 0 Å². The van der Waals surface area contributed by atoms with Crippen molar-refractivity contribution >= 4 is 5.97 Å². The number of hydrogen-bond acceptors (Lipinski definition) is 4. The zero-order valence-electron chi connectivity index (χ0n) is 9.75. The lowest BCUT2D eigenvalue weighted by molar-refractivity contribution is -0.139. The van der Waals surface area contributed by atoms with E-state index in [9.17, 15) is 4.79 Å². The fraction of sp³-hybridized carbons (Fsp3) is 0.727. The van der Waals surface area contributed by atoms with Gasteiger partial charge in [0.1, 0.15) is 0 Å². The van der Waals surface area contributed by atoms with Gasteiger partial charge >= 0.3 is 5.97 Å². The summed E-state index contributed by atoms with van der Waals surface area (Å²) in [4.78, 5) is 11.0. The SMILES string of the molecule is C=C(C)C(=O)OCCCOC(C)COC. The standard InChI is InChI=1S/C11H20O4/c1-9(2)11(12)15-7-5-6-14-10(3)8-13-4/h10H,1,5-8H2,2-4H3. The van der Waals surface area contributed by atoms with Gasteiger partial charge in [0.25, 0.3) is 0 Å². The highest BCUT2D eigenvalue weighted by molar-refractivity contribution is 5.86. The van der Waals surface area contributed by atoms with Crippen molar-refractivity contribution in [1.29, 1.82) is 0 Å². The van der Waals surface area contributed by atoms with E-state index in [-0.39, 0.29) is 12.1 Å². The van der Waals surface area contributed by atoms with Crippen molar-refractivity contribution in [1.82, 2.24) is 0 Å². The Kier molecular flexibility index (Phi) is 7.95. The Labute approximate surface area is 91.2 Å². The highest BCUT2D eigenvalue weighted by Crippen LogP contribution is 1.96. The molecule has 1 unspecified atom stereocenters. The Morgan fingerprint density at radius 3 is 2.60 bits per heavy atom. The quantitative estimate of drug-likeness (QED) is 0.351. The van der Waals surface area contributed by atoms with Crippen molar-refractivity contribution in [2.75, 3.05) is 26.9 Å². The number of esters is 1. The third kappa shape index (κ3) is 8.15. The minimum atomic E-state index is -0.347. The third-order valence-electron chi connectivity index (χ3n) is 1.67. The molecule has 0 rings (SSSR count). The molecule has 15 heavy (non-hydrogen) atoms. The molecular formula is C11H20O4. The van der Waals surface area contributed by atoms with Crippen LogP contribution in [0.15, 0.2) is 12.2 Å². The first-order valence-electron chi connectivity index (χ1n) is 5.01. The summed E-state index contributed by atoms with van der Waals surface area (Å²) < 4.78 is 15.2. The van der Waals surface area contributed by atoms with Crippen molar-refractivity contribution in [3.8, 4) is 0 Å². The van der Waals surface area contributed by atoms with E-state index >= 15 is 0 Å². The van der Waals surface area contributed by atoms with Gasteiger partial charge in [0.2, 0.25) is 0 Å². The molecule has 88 valence electrons. The van der Waals surface area contributed by atoms with Gasteiger partial charge in [0.15, 0.2) is 0 Å². The normalized spacial score (nSPS) is 12.2. The van der Waals surface area contributed by atoms with E-state index in [4.69, 9.17) is 14.2 Å². The van der Waals surface area contributed by atoms with E-state index in [1.54, 1.807) is 14.0 Å². The average Bonchev–Trinajstić information content (AvgIpc) is 2.17. The third-order valence-corrected chi connectivity index (χ3v) is 1.67. The average molecular weight is 216 g/mol. The van der Waals surface area contributed by atoms with Crippen LogP contribution in [0.3, 0.4) is 0 Å². The van der Waals surface area contributed by atoms with E-state index < -0.39 is 0 Å². The van der Waals surface area contributed by atoms with Crippen LogP contribution in [0.5, 0.6) is 0 Å². The van der Waals surface area contributed by atoms with Crippen LogP contribution >= 0.6 is 0 Å². The second kappa shape index (κ2) is 8.44. The molecule has 0 aliphatic rings. The maximum atomic E-state index is 11.0. The summed E-state index contributed by atoms with van der Waals surface area (Å²) >= 11 is 0. The monoisotopic (exact) mass is 216 g/mol. The van der Waals surface area contributed by atoms with Crippen LogP contribution in [0, 0.1) is 0 Å². The lowest BCUT2D eigenvalue weighted by Crippen LogP contribution is -2.16. The van der Waals surface area contributed by atoms with Crippen LogP contribution in [0.4, 0.5) is 0 Å². The minimum absolute atomic E-state index is 0.0758. The molecule has 0 aliphatic heterocycles. The molecule has 0 saturated heterocycles. The molecule has 0 aromatic rings. The molecule has 0 fully saturated rings. The van der Waals surface area contributed by atoms with Crippen LogP contribution in [0.25, 0.3) is 0 Å². The second-order valence-corrected chi connectivity index (χ2v) is 3.41. The molecule has 0 aromatic heterocycles. The molecule has 4 nitrogen and oxygen atoms in total. The number of methoxy groups -OCH3 is 1. The van der Waals surface area contributed by atoms with Gasteiger partial charge in [-0.1, -0.05) is 6.58 Å². The lowest BCUT2D eigenvalue weighted by atomic mass is 10.3. The summed E-state index contributed by atoms with van der Waals surface area (Å²) in [6, 6.07) is 0. The minimum Gasteiger partial charge on any atom is -0.462 e. The first-order chi connectivity index (χ1) is 7.07. The van der Waals surface area contributed by atoms with Crippen LogP contribution in [0.1, 0.15) is 20.3 Å². The Morgan fingerprint density at radius 1 is 1.40 bits per heavy atom. The second-order valence-electron chi connectivity index (χ2n) is 3.41. The summed E-state index contributed by atoms with van der Waals surface area (Å²) in [6.45, 7) is 8.55. The molecule has 0 aromatic carbocycles. The molecule has 4 heteroatoms. The van der Waals surface area contributed by atoms with E-state index in [1.807, 2.05) is 6.92 Å². The number of ether oxygens (including phenoxy) is 3. The fourth-order valence-electron chi connectivity index (χ4n) is 0.914. The van der Waals surface area contributed by atoms with E-state index in [1.165, 1.54) is 0 Å². The van der Waals surface area contributed by atoms with Gasteiger partial charge in [-0.05, 0) is 13.8 Å². The molecule has 0 radical (unpaired) electrons. The first-order valence-corrected chi connectivity index (χ1v) is 5.01. The van der Waals surface area contributed by atoms with Crippen LogP contribution < -0.4 is 0 Å². The van der Waals surface area contributed by atoms with Crippen molar-refractivity contribution < 1.29 is 19.0 Å². The highest BCUT2D eigenvalue weighted by atomic mass is 16.5. The number of carbonyl (C=O) groups is 1. The number of carbonyl (C=O) groups excluding carboxylic acids is 1. The van der Waals surface area contributed by atoms with Gasteiger partial charge in [-0.2, -0.15) is 0 Å². The Hall–Kier alpha value is -0.870. The molecule has 0 amide bonds. The number of hydrogen-bond donors (Lipinski definition) is 0. The molecule has 0 aliphatic carbocycles. The smallest absolute Gasteiger partial charge is 0.333 e. The van der Waals surface area contributed by atoms with Crippen molar-refractivity contribution in [3.05, 3.63) is 12.2 Å². The maximum absolute atomic E-state index is 11.0. The Morgan fingerprint density at radius 2 is 2.07 bits per heavy atom. The van der Waals surface area contributed by atoms with E-state index in [2.05, 4.69) is 6.58 Å².